The largest absolute Gasteiger partial charge is 0.301 e. The summed E-state index contributed by atoms with van der Waals surface area (Å²) in [6.45, 7) is 3.44. The molecule has 0 aliphatic carbocycles. The third kappa shape index (κ3) is 6.23. The van der Waals surface area contributed by atoms with E-state index in [1.54, 1.807) is 0 Å². The third-order valence-electron chi connectivity index (χ3n) is 1.55. The van der Waals surface area contributed by atoms with Gasteiger partial charge >= 0.3 is 0 Å². The Morgan fingerprint density at radius 2 is 1.73 bits per heavy atom. The fourth-order valence-corrected chi connectivity index (χ4v) is 1.05. The van der Waals surface area contributed by atoms with Crippen molar-refractivity contribution >= 4 is 0 Å². The van der Waals surface area contributed by atoms with E-state index in [1.165, 1.54) is 0 Å². The Morgan fingerprint density at radius 1 is 1.00 bits per heavy atom. The molecule has 1 nitrogen and oxygen atoms in total. The minimum absolute atomic E-state index is 0.299. The van der Waals surface area contributed by atoms with Crippen LogP contribution < -0.4 is 0 Å². The van der Waals surface area contributed by atoms with Gasteiger partial charge in [-0.15, -0.1) is 0 Å². The van der Waals surface area contributed by atoms with Gasteiger partial charge in [0.25, 0.3) is 0 Å². The molecule has 0 aliphatic heterocycles. The Labute approximate surface area is 67.4 Å². The summed E-state index contributed by atoms with van der Waals surface area (Å²) in [7, 11) is 0. The van der Waals surface area contributed by atoms with Gasteiger partial charge in [0.1, 0.15) is 6.67 Å². The van der Waals surface area contributed by atoms with Crippen molar-refractivity contribution in [3.05, 3.63) is 0 Å². The molecule has 3 heteroatoms. The van der Waals surface area contributed by atoms with Crippen LogP contribution >= 0.6 is 0 Å². The Bertz CT molecular complexity index is 72.5. The molecule has 0 unspecified atom stereocenters. The molecule has 0 aromatic rings. The lowest BCUT2D eigenvalue weighted by atomic mass is 10.3. The van der Waals surface area contributed by atoms with Crippen molar-refractivity contribution in [2.75, 3.05) is 33.0 Å². The van der Waals surface area contributed by atoms with Crippen LogP contribution in [0.25, 0.3) is 0 Å². The van der Waals surface area contributed by atoms with Crippen LogP contribution in [0.5, 0.6) is 0 Å². The zero-order valence-corrected chi connectivity index (χ0v) is 7.15. The molecule has 0 fully saturated rings. The minimum Gasteiger partial charge on any atom is -0.301 e. The SMILES string of the molecule is CCCN(CCF)CCCF. The first-order chi connectivity index (χ1) is 5.35. The molecule has 0 bridgehead atoms. The second-order valence-corrected chi connectivity index (χ2v) is 2.57. The van der Waals surface area contributed by atoms with E-state index in [1.807, 2.05) is 11.8 Å². The van der Waals surface area contributed by atoms with Crippen LogP contribution in [0.3, 0.4) is 0 Å². The van der Waals surface area contributed by atoms with Gasteiger partial charge in [-0.25, -0.2) is 4.39 Å². The lowest BCUT2D eigenvalue weighted by molar-refractivity contribution is 0.237. The molecule has 0 radical (unpaired) electrons. The number of hydrogen-bond donors (Lipinski definition) is 0. The zero-order chi connectivity index (χ0) is 8.53. The highest BCUT2D eigenvalue weighted by Gasteiger charge is 2.01. The summed E-state index contributed by atoms with van der Waals surface area (Å²) in [5.74, 6) is 0. The zero-order valence-electron chi connectivity index (χ0n) is 7.15. The number of hydrogen-bond acceptors (Lipinski definition) is 1. The van der Waals surface area contributed by atoms with E-state index in [9.17, 15) is 8.78 Å². The topological polar surface area (TPSA) is 3.24 Å². The summed E-state index contributed by atoms with van der Waals surface area (Å²) in [6, 6.07) is 0. The van der Waals surface area contributed by atoms with Crippen molar-refractivity contribution in [1.82, 2.24) is 4.90 Å². The fourth-order valence-electron chi connectivity index (χ4n) is 1.05. The molecule has 0 amide bonds. The number of halogens is 2. The van der Waals surface area contributed by atoms with Crippen molar-refractivity contribution in [2.45, 2.75) is 19.8 Å². The summed E-state index contributed by atoms with van der Waals surface area (Å²) in [6.07, 6.45) is 1.53. The van der Waals surface area contributed by atoms with Gasteiger partial charge in [-0.2, -0.15) is 0 Å². The first kappa shape index (κ1) is 10.8. The molecule has 0 saturated heterocycles. The molecular formula is C8H17F2N. The van der Waals surface area contributed by atoms with E-state index in [4.69, 9.17) is 0 Å². The summed E-state index contributed by atoms with van der Waals surface area (Å²) in [4.78, 5) is 1.96. The third-order valence-corrected chi connectivity index (χ3v) is 1.55. The van der Waals surface area contributed by atoms with E-state index in [2.05, 4.69) is 0 Å². The highest BCUT2D eigenvalue weighted by Crippen LogP contribution is 1.94. The van der Waals surface area contributed by atoms with Crippen molar-refractivity contribution in [3.8, 4) is 0 Å². The number of rotatable bonds is 7. The lowest BCUT2D eigenvalue weighted by Crippen LogP contribution is -2.28. The van der Waals surface area contributed by atoms with Gasteiger partial charge in [-0.05, 0) is 19.4 Å². The van der Waals surface area contributed by atoms with E-state index in [-0.39, 0.29) is 13.3 Å². The van der Waals surface area contributed by atoms with Crippen molar-refractivity contribution < 1.29 is 8.78 Å². The molecular weight excluding hydrogens is 148 g/mol. The van der Waals surface area contributed by atoms with Crippen LogP contribution in [0.15, 0.2) is 0 Å². The maximum absolute atomic E-state index is 11.9. The smallest absolute Gasteiger partial charge is 0.102 e. The maximum atomic E-state index is 11.9. The molecule has 0 N–H and O–H groups in total. The van der Waals surface area contributed by atoms with E-state index < -0.39 is 0 Å². The molecule has 0 atom stereocenters. The molecule has 0 aliphatic rings. The first-order valence-electron chi connectivity index (χ1n) is 4.19. The molecule has 0 rings (SSSR count). The fraction of sp³-hybridized carbons (Fsp3) is 1.00. The summed E-state index contributed by atoms with van der Waals surface area (Å²) in [5, 5.41) is 0. The van der Waals surface area contributed by atoms with Crippen LogP contribution in [0.1, 0.15) is 19.8 Å². The normalized spacial score (nSPS) is 10.9. The van der Waals surface area contributed by atoms with Crippen LogP contribution in [0, 0.1) is 0 Å². The lowest BCUT2D eigenvalue weighted by Gasteiger charge is -2.18. The predicted molar refractivity (Wildman–Crippen MR) is 43.3 cm³/mol. The quantitative estimate of drug-likeness (QED) is 0.558. The monoisotopic (exact) mass is 165 g/mol. The predicted octanol–water partition coefficient (Wildman–Crippen LogP) is 2.03. The average molecular weight is 165 g/mol. The van der Waals surface area contributed by atoms with Gasteiger partial charge in [0.15, 0.2) is 0 Å². The highest BCUT2D eigenvalue weighted by atomic mass is 19.1. The highest BCUT2D eigenvalue weighted by molar-refractivity contribution is 4.55. The van der Waals surface area contributed by atoms with E-state index in [0.717, 1.165) is 13.0 Å². The molecule has 11 heavy (non-hydrogen) atoms. The van der Waals surface area contributed by atoms with E-state index >= 15 is 0 Å². The van der Waals surface area contributed by atoms with Crippen LogP contribution in [0.4, 0.5) is 8.78 Å². The van der Waals surface area contributed by atoms with Crippen molar-refractivity contribution in [3.63, 3.8) is 0 Å². The molecule has 0 spiro atoms. The summed E-state index contributed by atoms with van der Waals surface area (Å²) < 4.78 is 23.6. The summed E-state index contributed by atoms with van der Waals surface area (Å²) >= 11 is 0. The van der Waals surface area contributed by atoms with Crippen LogP contribution in [0.2, 0.25) is 0 Å². The number of alkyl halides is 2. The molecule has 0 heterocycles. The van der Waals surface area contributed by atoms with Gasteiger partial charge in [-0.3, -0.25) is 4.39 Å². The Kier molecular flexibility index (Phi) is 7.79. The van der Waals surface area contributed by atoms with Crippen LogP contribution in [-0.2, 0) is 0 Å². The Morgan fingerprint density at radius 3 is 2.18 bits per heavy atom. The molecule has 0 aromatic carbocycles. The number of nitrogens with zero attached hydrogens (tertiary/aromatic N) is 1. The standard InChI is InChI=1S/C8H17F2N/c1-2-6-11(8-5-10)7-3-4-9/h2-8H2,1H3. The Balaban J connectivity index is 3.34. The summed E-state index contributed by atoms with van der Waals surface area (Å²) in [5.41, 5.74) is 0. The van der Waals surface area contributed by atoms with Crippen molar-refractivity contribution in [2.24, 2.45) is 0 Å². The molecule has 0 saturated carbocycles. The first-order valence-corrected chi connectivity index (χ1v) is 4.19. The molecule has 68 valence electrons. The van der Waals surface area contributed by atoms with Gasteiger partial charge in [0, 0.05) is 13.1 Å². The minimum atomic E-state index is -0.327. The van der Waals surface area contributed by atoms with Gasteiger partial charge in [0.05, 0.1) is 6.67 Å². The average Bonchev–Trinajstić information content (AvgIpc) is 2.01. The van der Waals surface area contributed by atoms with E-state index in [0.29, 0.717) is 19.5 Å². The second-order valence-electron chi connectivity index (χ2n) is 2.57. The maximum Gasteiger partial charge on any atom is 0.102 e. The molecule has 0 aromatic heterocycles. The second kappa shape index (κ2) is 7.92. The van der Waals surface area contributed by atoms with Gasteiger partial charge < -0.3 is 4.90 Å². The van der Waals surface area contributed by atoms with Gasteiger partial charge in [-0.1, -0.05) is 6.92 Å². The van der Waals surface area contributed by atoms with Crippen LogP contribution in [-0.4, -0.2) is 37.9 Å². The Hall–Kier alpha value is -0.180. The van der Waals surface area contributed by atoms with Crippen molar-refractivity contribution in [1.29, 1.82) is 0 Å². The van der Waals surface area contributed by atoms with Gasteiger partial charge in [0.2, 0.25) is 0 Å².